The molecule has 6 nitrogen and oxygen atoms in total. The number of nitrogens with one attached hydrogen (secondary N) is 1. The number of carbonyl (C=O) groups is 1. The van der Waals surface area contributed by atoms with Crippen LogP contribution in [0.5, 0.6) is 0 Å². The van der Waals surface area contributed by atoms with Crippen molar-refractivity contribution in [3.63, 3.8) is 0 Å². The molecule has 0 aliphatic carbocycles. The van der Waals surface area contributed by atoms with Crippen molar-refractivity contribution in [3.05, 3.63) is 29.8 Å². The number of amides is 1. The molecule has 0 aromatic heterocycles. The second-order valence-corrected chi connectivity index (χ2v) is 6.34. The highest BCUT2D eigenvalue weighted by molar-refractivity contribution is 7.89. The SMILES string of the molecule is CCN(CC)C(=O)CNS(=O)(=O)c1ccc(CCN)cc1. The molecule has 1 aromatic carbocycles. The highest BCUT2D eigenvalue weighted by Gasteiger charge is 2.17. The second-order valence-electron chi connectivity index (χ2n) is 4.57. The Kier molecular flexibility index (Phi) is 6.80. The molecule has 1 aromatic rings. The first-order chi connectivity index (χ1) is 9.94. The zero-order chi connectivity index (χ0) is 15.9. The molecule has 118 valence electrons. The zero-order valence-corrected chi connectivity index (χ0v) is 13.3. The van der Waals surface area contributed by atoms with E-state index in [0.717, 1.165) is 5.56 Å². The van der Waals surface area contributed by atoms with Gasteiger partial charge < -0.3 is 10.6 Å². The van der Waals surface area contributed by atoms with Gasteiger partial charge in [-0.05, 0) is 44.5 Å². The molecule has 21 heavy (non-hydrogen) atoms. The number of rotatable bonds is 8. The van der Waals surface area contributed by atoms with E-state index in [0.29, 0.717) is 26.1 Å². The van der Waals surface area contributed by atoms with Crippen LogP contribution in [0, 0.1) is 0 Å². The van der Waals surface area contributed by atoms with Gasteiger partial charge in [0.15, 0.2) is 0 Å². The molecule has 0 aliphatic heterocycles. The Bertz CT molecular complexity index is 551. The summed E-state index contributed by atoms with van der Waals surface area (Å²) in [4.78, 5) is 13.5. The Balaban J connectivity index is 2.71. The molecule has 0 bridgehead atoms. The fourth-order valence-corrected chi connectivity index (χ4v) is 2.90. The van der Waals surface area contributed by atoms with Gasteiger partial charge in [-0.2, -0.15) is 0 Å². The maximum Gasteiger partial charge on any atom is 0.241 e. The van der Waals surface area contributed by atoms with Gasteiger partial charge in [0.05, 0.1) is 11.4 Å². The molecular weight excluding hydrogens is 290 g/mol. The Morgan fingerprint density at radius 3 is 2.24 bits per heavy atom. The number of carbonyl (C=O) groups excluding carboxylic acids is 1. The van der Waals surface area contributed by atoms with Crippen molar-refractivity contribution >= 4 is 15.9 Å². The van der Waals surface area contributed by atoms with E-state index in [1.54, 1.807) is 17.0 Å². The number of hydrogen-bond donors (Lipinski definition) is 2. The van der Waals surface area contributed by atoms with E-state index < -0.39 is 10.0 Å². The van der Waals surface area contributed by atoms with Gasteiger partial charge in [0, 0.05) is 13.1 Å². The van der Waals surface area contributed by atoms with Crippen LogP contribution in [0.25, 0.3) is 0 Å². The summed E-state index contributed by atoms with van der Waals surface area (Å²) in [5.74, 6) is -0.233. The molecule has 0 fully saturated rings. The molecule has 1 rings (SSSR count). The van der Waals surface area contributed by atoms with Crippen LogP contribution in [0.4, 0.5) is 0 Å². The van der Waals surface area contributed by atoms with Gasteiger partial charge in [0.1, 0.15) is 0 Å². The van der Waals surface area contributed by atoms with Crippen LogP contribution in [0.2, 0.25) is 0 Å². The minimum Gasteiger partial charge on any atom is -0.342 e. The minimum absolute atomic E-state index is 0.149. The van der Waals surface area contributed by atoms with Gasteiger partial charge in [-0.1, -0.05) is 12.1 Å². The summed E-state index contributed by atoms with van der Waals surface area (Å²) in [6, 6.07) is 6.51. The smallest absolute Gasteiger partial charge is 0.241 e. The van der Waals surface area contributed by atoms with E-state index in [-0.39, 0.29) is 17.3 Å². The van der Waals surface area contributed by atoms with Gasteiger partial charge in [0.25, 0.3) is 0 Å². The molecule has 0 atom stereocenters. The standard InChI is InChI=1S/C14H23N3O3S/c1-3-17(4-2)14(18)11-16-21(19,20)13-7-5-12(6-8-13)9-10-15/h5-8,16H,3-4,9-11,15H2,1-2H3. The third-order valence-electron chi connectivity index (χ3n) is 3.20. The van der Waals surface area contributed by atoms with E-state index in [1.807, 2.05) is 13.8 Å². The number of sulfonamides is 1. The van der Waals surface area contributed by atoms with Crippen LogP contribution in [0.1, 0.15) is 19.4 Å². The monoisotopic (exact) mass is 313 g/mol. The van der Waals surface area contributed by atoms with Crippen LogP contribution in [0.3, 0.4) is 0 Å². The lowest BCUT2D eigenvalue weighted by Crippen LogP contribution is -2.39. The van der Waals surface area contributed by atoms with E-state index >= 15 is 0 Å². The molecular formula is C14H23N3O3S. The highest BCUT2D eigenvalue weighted by Crippen LogP contribution is 2.10. The predicted octanol–water partition coefficient (Wildman–Crippen LogP) is 0.335. The minimum atomic E-state index is -3.67. The van der Waals surface area contributed by atoms with E-state index in [4.69, 9.17) is 5.73 Å². The first kappa shape index (κ1) is 17.6. The Morgan fingerprint density at radius 1 is 1.19 bits per heavy atom. The highest BCUT2D eigenvalue weighted by atomic mass is 32.2. The molecule has 0 radical (unpaired) electrons. The van der Waals surface area contributed by atoms with Gasteiger partial charge in [0.2, 0.25) is 15.9 Å². The molecule has 0 spiro atoms. The summed E-state index contributed by atoms with van der Waals surface area (Å²) in [5, 5.41) is 0. The molecule has 0 aliphatic rings. The summed E-state index contributed by atoms with van der Waals surface area (Å²) in [6.07, 6.45) is 0.703. The Labute approximate surface area is 126 Å². The average molecular weight is 313 g/mol. The van der Waals surface area contributed by atoms with Crippen LogP contribution < -0.4 is 10.5 Å². The Hall–Kier alpha value is -1.44. The number of likely N-dealkylation sites (N-methyl/N-ethyl adjacent to an activating group) is 1. The molecule has 0 saturated carbocycles. The molecule has 1 amide bonds. The quantitative estimate of drug-likeness (QED) is 0.723. The summed E-state index contributed by atoms with van der Waals surface area (Å²) in [5.41, 5.74) is 6.43. The Morgan fingerprint density at radius 2 is 1.76 bits per heavy atom. The molecule has 0 unspecified atom stereocenters. The van der Waals surface area contributed by atoms with Crippen LogP contribution in [0.15, 0.2) is 29.2 Å². The molecule has 0 saturated heterocycles. The normalized spacial score (nSPS) is 11.4. The summed E-state index contributed by atoms with van der Waals surface area (Å²) in [7, 11) is -3.67. The molecule has 0 heterocycles. The zero-order valence-electron chi connectivity index (χ0n) is 12.5. The third kappa shape index (κ3) is 5.11. The topological polar surface area (TPSA) is 92.5 Å². The van der Waals surface area contributed by atoms with Gasteiger partial charge in [-0.25, -0.2) is 13.1 Å². The van der Waals surface area contributed by atoms with Crippen molar-refractivity contribution in [3.8, 4) is 0 Å². The number of nitrogens with zero attached hydrogens (tertiary/aromatic N) is 1. The fraction of sp³-hybridized carbons (Fsp3) is 0.500. The molecule has 3 N–H and O–H groups in total. The van der Waals surface area contributed by atoms with Crippen LogP contribution in [-0.4, -0.2) is 45.4 Å². The first-order valence-electron chi connectivity index (χ1n) is 7.01. The van der Waals surface area contributed by atoms with Crippen molar-refractivity contribution < 1.29 is 13.2 Å². The lowest BCUT2D eigenvalue weighted by Gasteiger charge is -2.18. The second kappa shape index (κ2) is 8.11. The lowest BCUT2D eigenvalue weighted by molar-refractivity contribution is -0.129. The third-order valence-corrected chi connectivity index (χ3v) is 4.61. The van der Waals surface area contributed by atoms with Crippen molar-refractivity contribution in [2.24, 2.45) is 5.73 Å². The largest absolute Gasteiger partial charge is 0.342 e. The van der Waals surface area contributed by atoms with Gasteiger partial charge in [-0.3, -0.25) is 4.79 Å². The van der Waals surface area contributed by atoms with Crippen molar-refractivity contribution in [1.29, 1.82) is 0 Å². The number of nitrogens with two attached hydrogens (primary N) is 1. The number of hydrogen-bond acceptors (Lipinski definition) is 4. The number of benzene rings is 1. The maximum absolute atomic E-state index is 12.1. The molecule has 7 heteroatoms. The predicted molar refractivity (Wildman–Crippen MR) is 82.3 cm³/mol. The van der Waals surface area contributed by atoms with Crippen LogP contribution in [-0.2, 0) is 21.2 Å². The lowest BCUT2D eigenvalue weighted by atomic mass is 10.2. The maximum atomic E-state index is 12.1. The van der Waals surface area contributed by atoms with Gasteiger partial charge in [-0.15, -0.1) is 0 Å². The van der Waals surface area contributed by atoms with E-state index in [1.165, 1.54) is 12.1 Å². The first-order valence-corrected chi connectivity index (χ1v) is 8.49. The summed E-state index contributed by atoms with van der Waals surface area (Å²) < 4.78 is 26.5. The van der Waals surface area contributed by atoms with Gasteiger partial charge >= 0.3 is 0 Å². The average Bonchev–Trinajstić information content (AvgIpc) is 2.47. The summed E-state index contributed by atoms with van der Waals surface area (Å²) in [6.45, 7) is 5.12. The van der Waals surface area contributed by atoms with E-state index in [2.05, 4.69) is 4.72 Å². The van der Waals surface area contributed by atoms with Crippen molar-refractivity contribution in [2.75, 3.05) is 26.2 Å². The summed E-state index contributed by atoms with van der Waals surface area (Å²) >= 11 is 0. The van der Waals surface area contributed by atoms with E-state index in [9.17, 15) is 13.2 Å². The van der Waals surface area contributed by atoms with Crippen molar-refractivity contribution in [2.45, 2.75) is 25.2 Å². The van der Waals surface area contributed by atoms with Crippen LogP contribution >= 0.6 is 0 Å². The van der Waals surface area contributed by atoms with Crippen molar-refractivity contribution in [1.82, 2.24) is 9.62 Å². The fourth-order valence-electron chi connectivity index (χ4n) is 1.93.